The van der Waals surface area contributed by atoms with Gasteiger partial charge in [0.2, 0.25) is 0 Å². The summed E-state index contributed by atoms with van der Waals surface area (Å²) < 4.78 is 0. The van der Waals surface area contributed by atoms with Gasteiger partial charge in [-0.05, 0) is 26.2 Å². The van der Waals surface area contributed by atoms with E-state index in [1.165, 1.54) is 25.7 Å². The summed E-state index contributed by atoms with van der Waals surface area (Å²) in [4.78, 5) is 8.97. The molecule has 0 aliphatic heterocycles. The third-order valence-corrected chi connectivity index (χ3v) is 3.22. The van der Waals surface area contributed by atoms with Crippen LogP contribution in [0.25, 0.3) is 0 Å². The van der Waals surface area contributed by atoms with Gasteiger partial charge in [0.15, 0.2) is 0 Å². The maximum absolute atomic E-state index is 5.45. The van der Waals surface area contributed by atoms with Crippen molar-refractivity contribution in [1.82, 2.24) is 9.97 Å². The molecule has 1 atom stereocenters. The van der Waals surface area contributed by atoms with Gasteiger partial charge in [-0.15, -0.1) is 0 Å². The first-order valence-corrected chi connectivity index (χ1v) is 6.85. The highest BCUT2D eigenvalue weighted by atomic mass is 15.3. The van der Waals surface area contributed by atoms with E-state index in [2.05, 4.69) is 34.6 Å². The van der Waals surface area contributed by atoms with Gasteiger partial charge in [0, 0.05) is 18.0 Å². The number of hydrazine groups is 1. The number of rotatable bonds is 7. The van der Waals surface area contributed by atoms with Crippen molar-refractivity contribution in [1.29, 1.82) is 0 Å². The Morgan fingerprint density at radius 3 is 2.72 bits per heavy atom. The first kappa shape index (κ1) is 13.1. The molecule has 4 N–H and O–H groups in total. The number of hydrogen-bond acceptors (Lipinski definition) is 5. The van der Waals surface area contributed by atoms with Crippen LogP contribution in [-0.4, -0.2) is 16.0 Å². The molecule has 0 amide bonds. The van der Waals surface area contributed by atoms with E-state index in [0.717, 1.165) is 18.1 Å². The summed E-state index contributed by atoms with van der Waals surface area (Å²) in [7, 11) is 0. The van der Waals surface area contributed by atoms with E-state index in [-0.39, 0.29) is 0 Å². The quantitative estimate of drug-likeness (QED) is 0.511. The molecule has 0 radical (unpaired) electrons. The zero-order valence-corrected chi connectivity index (χ0v) is 11.2. The Morgan fingerprint density at radius 2 is 2.11 bits per heavy atom. The Bertz CT molecular complexity index is 389. The number of hydrogen-bond donors (Lipinski definition) is 3. The molecule has 0 bridgehead atoms. The first-order valence-electron chi connectivity index (χ1n) is 6.85. The van der Waals surface area contributed by atoms with Crippen molar-refractivity contribution in [2.45, 2.75) is 57.9 Å². The molecule has 1 saturated carbocycles. The Labute approximate surface area is 109 Å². The molecule has 5 heteroatoms. The van der Waals surface area contributed by atoms with Crippen LogP contribution in [0.5, 0.6) is 0 Å². The second-order valence-electron chi connectivity index (χ2n) is 5.10. The molecule has 1 aliphatic carbocycles. The molecular formula is C13H23N5. The number of nitrogens with zero attached hydrogens (tertiary/aromatic N) is 2. The molecule has 18 heavy (non-hydrogen) atoms. The van der Waals surface area contributed by atoms with Crippen molar-refractivity contribution in [3.8, 4) is 0 Å². The van der Waals surface area contributed by atoms with Gasteiger partial charge < -0.3 is 10.7 Å². The summed E-state index contributed by atoms with van der Waals surface area (Å²) in [6.45, 7) is 4.39. The third kappa shape index (κ3) is 3.57. The monoisotopic (exact) mass is 249 g/mol. The number of anilines is 2. The van der Waals surface area contributed by atoms with Crippen LogP contribution in [-0.2, 0) is 0 Å². The molecule has 0 aromatic carbocycles. The van der Waals surface area contributed by atoms with Crippen LogP contribution in [0, 0.1) is 0 Å². The van der Waals surface area contributed by atoms with Crippen molar-refractivity contribution in [3.63, 3.8) is 0 Å². The first-order chi connectivity index (χ1) is 8.72. The van der Waals surface area contributed by atoms with E-state index in [9.17, 15) is 0 Å². The summed E-state index contributed by atoms with van der Waals surface area (Å²) in [5.41, 5.74) is 2.62. The van der Waals surface area contributed by atoms with E-state index in [0.29, 0.717) is 17.8 Å². The predicted molar refractivity (Wildman–Crippen MR) is 74.4 cm³/mol. The maximum atomic E-state index is 5.45. The van der Waals surface area contributed by atoms with Gasteiger partial charge in [-0.25, -0.2) is 15.8 Å². The lowest BCUT2D eigenvalue weighted by Crippen LogP contribution is -2.18. The van der Waals surface area contributed by atoms with Crippen LogP contribution < -0.4 is 16.6 Å². The van der Waals surface area contributed by atoms with Gasteiger partial charge >= 0.3 is 0 Å². The molecule has 1 fully saturated rings. The number of aromatic nitrogens is 2. The lowest BCUT2D eigenvalue weighted by Gasteiger charge is -2.15. The minimum atomic E-state index is 0.428. The number of nitrogens with two attached hydrogens (primary N) is 1. The zero-order chi connectivity index (χ0) is 13.0. The molecule has 1 heterocycles. The summed E-state index contributed by atoms with van der Waals surface area (Å²) >= 11 is 0. The van der Waals surface area contributed by atoms with Crippen molar-refractivity contribution >= 4 is 11.6 Å². The van der Waals surface area contributed by atoms with Gasteiger partial charge in [0.1, 0.15) is 17.5 Å². The molecule has 100 valence electrons. The average Bonchev–Trinajstić information content (AvgIpc) is 3.20. The molecule has 1 aromatic rings. The summed E-state index contributed by atoms with van der Waals surface area (Å²) in [6, 6.07) is 2.30. The smallest absolute Gasteiger partial charge is 0.145 e. The minimum absolute atomic E-state index is 0.428. The highest BCUT2D eigenvalue weighted by molar-refractivity contribution is 5.48. The molecule has 5 nitrogen and oxygen atoms in total. The molecule has 0 saturated heterocycles. The second-order valence-corrected chi connectivity index (χ2v) is 5.10. The van der Waals surface area contributed by atoms with E-state index < -0.39 is 0 Å². The summed E-state index contributed by atoms with van der Waals surface area (Å²) in [6.07, 6.45) is 6.00. The fraction of sp³-hybridized carbons (Fsp3) is 0.692. The number of nitrogens with one attached hydrogen (secondary N) is 2. The largest absolute Gasteiger partial charge is 0.367 e. The van der Waals surface area contributed by atoms with Crippen LogP contribution in [0.1, 0.15) is 57.7 Å². The van der Waals surface area contributed by atoms with E-state index >= 15 is 0 Å². The Balaban J connectivity index is 2.04. The van der Waals surface area contributed by atoms with Crippen molar-refractivity contribution in [2.24, 2.45) is 5.84 Å². The van der Waals surface area contributed by atoms with E-state index in [4.69, 9.17) is 5.84 Å². The third-order valence-electron chi connectivity index (χ3n) is 3.22. The standard InChI is InChI=1S/C13H23N5/c1-3-4-5-9(2)15-11-8-12(18-14)17-13(16-11)10-6-7-10/h8-10H,3-7,14H2,1-2H3,(H2,15,16,17,18). The maximum Gasteiger partial charge on any atom is 0.145 e. The molecule has 2 rings (SSSR count). The van der Waals surface area contributed by atoms with Gasteiger partial charge in [-0.3, -0.25) is 0 Å². The second kappa shape index (κ2) is 6.00. The summed E-state index contributed by atoms with van der Waals surface area (Å²) in [5, 5.41) is 3.43. The van der Waals surface area contributed by atoms with E-state index in [1.54, 1.807) is 0 Å². The lowest BCUT2D eigenvalue weighted by molar-refractivity contribution is 0.642. The highest BCUT2D eigenvalue weighted by Gasteiger charge is 2.27. The van der Waals surface area contributed by atoms with Crippen molar-refractivity contribution in [3.05, 3.63) is 11.9 Å². The van der Waals surface area contributed by atoms with Gasteiger partial charge in [-0.1, -0.05) is 19.8 Å². The lowest BCUT2D eigenvalue weighted by atomic mass is 10.1. The fourth-order valence-corrected chi connectivity index (χ4v) is 1.97. The Kier molecular flexibility index (Phi) is 4.36. The van der Waals surface area contributed by atoms with E-state index in [1.807, 2.05) is 6.07 Å². The number of unbranched alkanes of at least 4 members (excludes halogenated alkanes) is 1. The fourth-order valence-electron chi connectivity index (χ4n) is 1.97. The number of nitrogen functional groups attached to an aromatic ring is 1. The van der Waals surface area contributed by atoms with Crippen LogP contribution in [0.4, 0.5) is 11.6 Å². The topological polar surface area (TPSA) is 75.9 Å². The normalized spacial score (nSPS) is 16.4. The van der Waals surface area contributed by atoms with Crippen molar-refractivity contribution in [2.75, 3.05) is 10.7 Å². The zero-order valence-electron chi connectivity index (χ0n) is 11.2. The van der Waals surface area contributed by atoms with Crippen molar-refractivity contribution < 1.29 is 0 Å². The predicted octanol–water partition coefficient (Wildman–Crippen LogP) is 2.63. The molecule has 1 aromatic heterocycles. The molecule has 0 spiro atoms. The highest BCUT2D eigenvalue weighted by Crippen LogP contribution is 2.38. The molecule has 1 unspecified atom stereocenters. The Hall–Kier alpha value is -1.36. The van der Waals surface area contributed by atoms with Crippen LogP contribution in [0.15, 0.2) is 6.07 Å². The SMILES string of the molecule is CCCCC(C)Nc1cc(NN)nc(C2CC2)n1. The van der Waals surface area contributed by atoms with Crippen LogP contribution in [0.3, 0.4) is 0 Å². The van der Waals surface area contributed by atoms with Crippen LogP contribution >= 0.6 is 0 Å². The summed E-state index contributed by atoms with van der Waals surface area (Å²) in [5.74, 6) is 8.47. The van der Waals surface area contributed by atoms with Gasteiger partial charge in [-0.2, -0.15) is 0 Å². The molecule has 1 aliphatic rings. The minimum Gasteiger partial charge on any atom is -0.367 e. The van der Waals surface area contributed by atoms with Gasteiger partial charge in [0.25, 0.3) is 0 Å². The molecular weight excluding hydrogens is 226 g/mol. The van der Waals surface area contributed by atoms with Crippen LogP contribution in [0.2, 0.25) is 0 Å². The average molecular weight is 249 g/mol. The van der Waals surface area contributed by atoms with Gasteiger partial charge in [0.05, 0.1) is 0 Å². The Morgan fingerprint density at radius 1 is 1.39 bits per heavy atom.